The van der Waals surface area contributed by atoms with Crippen LogP contribution in [-0.4, -0.2) is 60.7 Å². The van der Waals surface area contributed by atoms with Crippen LogP contribution in [0.2, 0.25) is 0 Å². The molecule has 0 aromatic heterocycles. The molecule has 0 aromatic carbocycles. The summed E-state index contributed by atoms with van der Waals surface area (Å²) in [5.41, 5.74) is -1.65. The zero-order valence-electron chi connectivity index (χ0n) is 14.3. The smallest absolute Gasteiger partial charge is 0.413 e. The molecule has 0 spiro atoms. The second-order valence-electron chi connectivity index (χ2n) is 6.95. The summed E-state index contributed by atoms with van der Waals surface area (Å²) in [6.45, 7) is 10.1. The Balaban J connectivity index is 2.97. The van der Waals surface area contributed by atoms with Gasteiger partial charge in [-0.2, -0.15) is 0 Å². The molecule has 7 nitrogen and oxygen atoms in total. The maximum absolute atomic E-state index is 12.4. The molecule has 128 valence electrons. The van der Waals surface area contributed by atoms with Crippen molar-refractivity contribution in [2.75, 3.05) is 26.5 Å². The molecule has 0 aliphatic carbocycles. The van der Waals surface area contributed by atoms with Gasteiger partial charge in [0.2, 0.25) is 7.37 Å². The van der Waals surface area contributed by atoms with Gasteiger partial charge in [0.05, 0.1) is 12.8 Å². The summed E-state index contributed by atoms with van der Waals surface area (Å²) in [4.78, 5) is 26.1. The van der Waals surface area contributed by atoms with Gasteiger partial charge < -0.3 is 14.0 Å². The Hall–Kier alpha value is -0.910. The summed E-state index contributed by atoms with van der Waals surface area (Å²) in [6, 6.07) is -0.826. The fourth-order valence-electron chi connectivity index (χ4n) is 2.15. The van der Waals surface area contributed by atoms with E-state index in [2.05, 4.69) is 0 Å². The number of amides is 1. The molecule has 2 unspecified atom stereocenters. The van der Waals surface area contributed by atoms with Crippen LogP contribution >= 0.6 is 7.37 Å². The molecule has 0 bridgehead atoms. The first kappa shape index (κ1) is 19.1. The zero-order valence-corrected chi connectivity index (χ0v) is 15.2. The van der Waals surface area contributed by atoms with E-state index < -0.39 is 30.8 Å². The molecule has 1 heterocycles. The Kier molecular flexibility index (Phi) is 5.48. The third kappa shape index (κ3) is 4.80. The molecule has 2 atom stereocenters. The average molecular weight is 335 g/mol. The van der Waals surface area contributed by atoms with Crippen LogP contribution < -0.4 is 0 Å². The van der Waals surface area contributed by atoms with Crippen LogP contribution in [0.15, 0.2) is 0 Å². The first-order valence-corrected chi connectivity index (χ1v) is 9.36. The summed E-state index contributed by atoms with van der Waals surface area (Å²) < 4.78 is 27.7. The molecule has 1 aliphatic heterocycles. The number of Topliss-reactive ketones (excluding diaryl/α,β-unsaturated/α-hetero) is 1. The first-order valence-electron chi connectivity index (χ1n) is 7.10. The zero-order chi connectivity index (χ0) is 17.3. The Bertz CT molecular complexity index is 496. The minimum Gasteiger partial charge on any atom is -0.444 e. The summed E-state index contributed by atoms with van der Waals surface area (Å²) in [6.07, 6.45) is -0.871. The second-order valence-corrected chi connectivity index (χ2v) is 9.65. The van der Waals surface area contributed by atoms with Crippen LogP contribution in [0.1, 0.15) is 34.6 Å². The van der Waals surface area contributed by atoms with Crippen molar-refractivity contribution in [2.24, 2.45) is 0 Å². The molecule has 1 amide bonds. The molecule has 1 saturated heterocycles. The predicted molar refractivity (Wildman–Crippen MR) is 82.3 cm³/mol. The van der Waals surface area contributed by atoms with Crippen molar-refractivity contribution in [1.29, 1.82) is 0 Å². The monoisotopic (exact) mass is 335 g/mol. The average Bonchev–Trinajstić information content (AvgIpc) is 2.62. The number of nitrogens with zero attached hydrogens (tertiary/aromatic N) is 1. The molecule has 0 radical (unpaired) electrons. The van der Waals surface area contributed by atoms with E-state index in [1.54, 1.807) is 34.6 Å². The molecule has 0 saturated carbocycles. The Labute approximate surface area is 131 Å². The highest BCUT2D eigenvalue weighted by molar-refractivity contribution is 7.59. The molecule has 0 aromatic rings. The van der Waals surface area contributed by atoms with Gasteiger partial charge in [-0.05, 0) is 34.6 Å². The van der Waals surface area contributed by atoms with E-state index in [1.807, 2.05) is 0 Å². The SMILES string of the molecule is COP(C)(=O)CC(=O)C1COC(C)(C)N1C(=O)OC(C)(C)C. The fraction of sp³-hybridized carbons (Fsp3) is 0.857. The van der Waals surface area contributed by atoms with E-state index in [0.717, 1.165) is 0 Å². The highest BCUT2D eigenvalue weighted by atomic mass is 31.2. The fourth-order valence-corrected chi connectivity index (χ4v) is 3.06. The van der Waals surface area contributed by atoms with E-state index in [1.165, 1.54) is 18.7 Å². The molecule has 8 heteroatoms. The summed E-state index contributed by atoms with van der Waals surface area (Å²) in [7, 11) is -1.71. The quantitative estimate of drug-likeness (QED) is 0.734. The predicted octanol–water partition coefficient (Wildman–Crippen LogP) is 2.48. The van der Waals surface area contributed by atoms with Gasteiger partial charge in [0.25, 0.3) is 0 Å². The lowest BCUT2D eigenvalue weighted by atomic mass is 10.1. The van der Waals surface area contributed by atoms with Crippen LogP contribution in [0.25, 0.3) is 0 Å². The second kappa shape index (κ2) is 6.30. The third-order valence-electron chi connectivity index (χ3n) is 3.28. The molecule has 22 heavy (non-hydrogen) atoms. The van der Waals surface area contributed by atoms with Gasteiger partial charge in [-0.3, -0.25) is 14.3 Å². The standard InChI is InChI=1S/C14H26NO6P/c1-13(2,3)21-12(17)15-10(8-20-14(15,4)5)11(16)9-22(7,18)19-6/h10H,8-9H2,1-7H3. The molecule has 1 aliphatic rings. The van der Waals surface area contributed by atoms with E-state index in [0.29, 0.717) is 0 Å². The van der Waals surface area contributed by atoms with Crippen molar-refractivity contribution in [3.63, 3.8) is 0 Å². The Morgan fingerprint density at radius 1 is 1.36 bits per heavy atom. The lowest BCUT2D eigenvalue weighted by Gasteiger charge is -2.34. The molecule has 1 fully saturated rings. The number of carbonyl (C=O) groups is 2. The molecule has 0 N–H and O–H groups in total. The lowest BCUT2D eigenvalue weighted by molar-refractivity contribution is -0.122. The number of carbonyl (C=O) groups excluding carboxylic acids is 2. The largest absolute Gasteiger partial charge is 0.444 e. The third-order valence-corrected chi connectivity index (χ3v) is 4.94. The van der Waals surface area contributed by atoms with Crippen LogP contribution in [0, 0.1) is 0 Å². The molecular formula is C14H26NO6P. The van der Waals surface area contributed by atoms with Crippen molar-refractivity contribution < 1.29 is 28.2 Å². The normalized spacial score (nSPS) is 24.0. The van der Waals surface area contributed by atoms with E-state index in [4.69, 9.17) is 14.0 Å². The van der Waals surface area contributed by atoms with E-state index in [9.17, 15) is 14.2 Å². The summed E-state index contributed by atoms with van der Waals surface area (Å²) >= 11 is 0. The van der Waals surface area contributed by atoms with Gasteiger partial charge in [0.1, 0.15) is 17.4 Å². The minimum atomic E-state index is -3.01. The Morgan fingerprint density at radius 2 is 1.91 bits per heavy atom. The van der Waals surface area contributed by atoms with Crippen molar-refractivity contribution in [1.82, 2.24) is 4.90 Å². The minimum absolute atomic E-state index is 0.0504. The maximum Gasteiger partial charge on any atom is 0.413 e. The van der Waals surface area contributed by atoms with Crippen molar-refractivity contribution in [2.45, 2.75) is 52.0 Å². The van der Waals surface area contributed by atoms with Crippen molar-refractivity contribution in [3.8, 4) is 0 Å². The van der Waals surface area contributed by atoms with Crippen LogP contribution in [0.4, 0.5) is 4.79 Å². The lowest BCUT2D eigenvalue weighted by Crippen LogP contribution is -2.52. The van der Waals surface area contributed by atoms with Gasteiger partial charge in [-0.1, -0.05) is 0 Å². The molecule has 1 rings (SSSR count). The summed E-state index contributed by atoms with van der Waals surface area (Å²) in [5.74, 6) is -0.357. The number of rotatable bonds is 4. The Morgan fingerprint density at radius 3 is 2.36 bits per heavy atom. The van der Waals surface area contributed by atoms with E-state index >= 15 is 0 Å². The maximum atomic E-state index is 12.4. The van der Waals surface area contributed by atoms with Gasteiger partial charge in [0, 0.05) is 13.8 Å². The highest BCUT2D eigenvalue weighted by Crippen LogP contribution is 2.42. The number of hydrogen-bond donors (Lipinski definition) is 0. The van der Waals surface area contributed by atoms with E-state index in [-0.39, 0.29) is 18.6 Å². The first-order chi connectivity index (χ1) is 9.79. The van der Waals surface area contributed by atoms with Crippen LogP contribution in [0.5, 0.6) is 0 Å². The van der Waals surface area contributed by atoms with Crippen LogP contribution in [-0.2, 0) is 23.4 Å². The van der Waals surface area contributed by atoms with Gasteiger partial charge in [-0.15, -0.1) is 0 Å². The number of hydrogen-bond acceptors (Lipinski definition) is 6. The van der Waals surface area contributed by atoms with Gasteiger partial charge in [-0.25, -0.2) is 4.79 Å². The van der Waals surface area contributed by atoms with Gasteiger partial charge >= 0.3 is 6.09 Å². The molecular weight excluding hydrogens is 309 g/mol. The summed E-state index contributed by atoms with van der Waals surface area (Å²) in [5, 5.41) is 0. The number of ether oxygens (including phenoxy) is 2. The number of ketones is 1. The van der Waals surface area contributed by atoms with Crippen LogP contribution in [0.3, 0.4) is 0 Å². The van der Waals surface area contributed by atoms with Crippen molar-refractivity contribution in [3.05, 3.63) is 0 Å². The van der Waals surface area contributed by atoms with Gasteiger partial charge in [0.15, 0.2) is 5.78 Å². The van der Waals surface area contributed by atoms with Crippen molar-refractivity contribution >= 4 is 19.2 Å². The topological polar surface area (TPSA) is 82.1 Å². The highest BCUT2D eigenvalue weighted by Gasteiger charge is 2.49.